The molecule has 0 fully saturated rings. The number of aromatic nitrogens is 2. The van der Waals surface area contributed by atoms with Crippen molar-refractivity contribution in [3.05, 3.63) is 46.2 Å². The minimum atomic E-state index is -0.234. The third kappa shape index (κ3) is 5.29. The van der Waals surface area contributed by atoms with E-state index in [1.165, 1.54) is 6.08 Å². The molecule has 0 radical (unpaired) electrons. The number of rotatable bonds is 9. The Balaban J connectivity index is 2.09. The second kappa shape index (κ2) is 10.2. The van der Waals surface area contributed by atoms with Crippen molar-refractivity contribution < 1.29 is 14.3 Å². The van der Waals surface area contributed by atoms with Crippen molar-refractivity contribution in [2.24, 2.45) is 0 Å². The molecule has 7 heteroatoms. The molecular weight excluding hydrogens is 378 g/mol. The fourth-order valence-electron chi connectivity index (χ4n) is 2.89. The number of hydrogen-bond donors (Lipinski definition) is 1. The van der Waals surface area contributed by atoms with Crippen molar-refractivity contribution in [2.75, 3.05) is 14.2 Å². The van der Waals surface area contributed by atoms with Gasteiger partial charge in [0.05, 0.1) is 26.0 Å². The lowest BCUT2D eigenvalue weighted by molar-refractivity contribution is -0.117. The molecule has 2 aromatic rings. The summed E-state index contributed by atoms with van der Waals surface area (Å²) in [5.74, 6) is 1.14. The van der Waals surface area contributed by atoms with E-state index in [9.17, 15) is 4.79 Å². The zero-order valence-electron chi connectivity index (χ0n) is 17.1. The summed E-state index contributed by atoms with van der Waals surface area (Å²) in [7, 11) is 3.19. The number of aryl methyl sites for hydroxylation is 2. The number of halogens is 1. The van der Waals surface area contributed by atoms with Gasteiger partial charge in [-0.25, -0.2) is 0 Å². The third-order valence-corrected chi connectivity index (χ3v) is 4.90. The topological polar surface area (TPSA) is 65.4 Å². The SMILES string of the molecule is CCCCn1nc(C)c(/C=C/C(=O)NC(C)c2ccc(OC)cc2OC)c1Cl. The van der Waals surface area contributed by atoms with E-state index in [4.69, 9.17) is 21.1 Å². The standard InChI is InChI=1S/C21H28ClN3O3/c1-6-7-12-25-21(22)18(15(3)24-25)10-11-20(26)23-14(2)17-9-8-16(27-4)13-19(17)28-5/h8-11,13-14H,6-7,12H2,1-5H3,(H,23,26)/b11-10+. The van der Waals surface area contributed by atoms with Crippen LogP contribution in [0.4, 0.5) is 0 Å². The number of nitrogens with one attached hydrogen (secondary N) is 1. The maximum atomic E-state index is 12.4. The molecule has 0 aliphatic heterocycles. The Morgan fingerprint density at radius 2 is 2.11 bits per heavy atom. The number of hydrogen-bond acceptors (Lipinski definition) is 4. The molecule has 0 bridgehead atoms. The molecule has 1 unspecified atom stereocenters. The van der Waals surface area contributed by atoms with Gasteiger partial charge in [0.25, 0.3) is 0 Å². The first-order valence-electron chi connectivity index (χ1n) is 9.34. The van der Waals surface area contributed by atoms with Crippen LogP contribution in [0.3, 0.4) is 0 Å². The quantitative estimate of drug-likeness (QED) is 0.621. The van der Waals surface area contributed by atoms with Gasteiger partial charge in [-0.2, -0.15) is 5.10 Å². The monoisotopic (exact) mass is 405 g/mol. The predicted molar refractivity (Wildman–Crippen MR) is 112 cm³/mol. The number of carbonyl (C=O) groups excluding carboxylic acids is 1. The van der Waals surface area contributed by atoms with Gasteiger partial charge in [0.2, 0.25) is 5.91 Å². The summed E-state index contributed by atoms with van der Waals surface area (Å²) < 4.78 is 12.4. The zero-order chi connectivity index (χ0) is 20.7. The average molecular weight is 406 g/mol. The fourth-order valence-corrected chi connectivity index (χ4v) is 3.21. The summed E-state index contributed by atoms with van der Waals surface area (Å²) in [5, 5.41) is 7.94. The van der Waals surface area contributed by atoms with Crippen molar-refractivity contribution in [1.29, 1.82) is 0 Å². The largest absolute Gasteiger partial charge is 0.497 e. The van der Waals surface area contributed by atoms with Gasteiger partial charge in [0.15, 0.2) is 0 Å². The summed E-state index contributed by atoms with van der Waals surface area (Å²) in [6, 6.07) is 5.28. The number of benzene rings is 1. The highest BCUT2D eigenvalue weighted by molar-refractivity contribution is 6.31. The van der Waals surface area contributed by atoms with E-state index in [1.54, 1.807) is 31.0 Å². The van der Waals surface area contributed by atoms with Crippen LogP contribution in [0.1, 0.15) is 49.6 Å². The van der Waals surface area contributed by atoms with Crippen LogP contribution in [0.5, 0.6) is 11.5 Å². The van der Waals surface area contributed by atoms with Gasteiger partial charge in [0.1, 0.15) is 16.7 Å². The average Bonchev–Trinajstić information content (AvgIpc) is 2.96. The Kier molecular flexibility index (Phi) is 7.93. The van der Waals surface area contributed by atoms with Crippen LogP contribution in [0.2, 0.25) is 5.15 Å². The van der Waals surface area contributed by atoms with Gasteiger partial charge >= 0.3 is 0 Å². The van der Waals surface area contributed by atoms with Gasteiger partial charge in [-0.15, -0.1) is 0 Å². The van der Waals surface area contributed by atoms with E-state index in [0.29, 0.717) is 16.7 Å². The number of carbonyl (C=O) groups is 1. The molecule has 1 amide bonds. The predicted octanol–water partition coefficient (Wildman–Crippen LogP) is 4.55. The van der Waals surface area contributed by atoms with Crippen LogP contribution in [0.15, 0.2) is 24.3 Å². The Hall–Kier alpha value is -2.47. The molecule has 28 heavy (non-hydrogen) atoms. The Morgan fingerprint density at radius 3 is 2.75 bits per heavy atom. The summed E-state index contributed by atoms with van der Waals surface area (Å²) in [5.41, 5.74) is 2.43. The van der Waals surface area contributed by atoms with E-state index < -0.39 is 0 Å². The molecule has 0 aliphatic carbocycles. The van der Waals surface area contributed by atoms with Crippen LogP contribution in [0, 0.1) is 6.92 Å². The molecule has 0 saturated heterocycles. The lowest BCUT2D eigenvalue weighted by Gasteiger charge is -2.17. The molecule has 152 valence electrons. The van der Waals surface area contributed by atoms with E-state index in [0.717, 1.165) is 36.2 Å². The van der Waals surface area contributed by atoms with Gasteiger partial charge in [-0.05, 0) is 38.5 Å². The Labute approximate surface area is 171 Å². The molecular formula is C21H28ClN3O3. The van der Waals surface area contributed by atoms with Crippen LogP contribution in [0.25, 0.3) is 6.08 Å². The zero-order valence-corrected chi connectivity index (χ0v) is 17.8. The van der Waals surface area contributed by atoms with E-state index in [2.05, 4.69) is 17.3 Å². The highest BCUT2D eigenvalue weighted by Gasteiger charge is 2.15. The first kappa shape index (κ1) is 21.8. The lowest BCUT2D eigenvalue weighted by Crippen LogP contribution is -2.25. The summed E-state index contributed by atoms with van der Waals surface area (Å²) in [4.78, 5) is 12.4. The van der Waals surface area contributed by atoms with E-state index >= 15 is 0 Å². The van der Waals surface area contributed by atoms with Gasteiger partial charge in [-0.3, -0.25) is 9.48 Å². The molecule has 0 aliphatic rings. The van der Waals surface area contributed by atoms with Crippen molar-refractivity contribution in [1.82, 2.24) is 15.1 Å². The number of unbranched alkanes of at least 4 members (excludes halogenated alkanes) is 1. The first-order chi connectivity index (χ1) is 13.4. The molecule has 1 aromatic heterocycles. The van der Waals surface area contributed by atoms with Crippen LogP contribution in [-0.2, 0) is 11.3 Å². The number of methoxy groups -OCH3 is 2. The molecule has 1 aromatic carbocycles. The fraction of sp³-hybridized carbons (Fsp3) is 0.429. The van der Waals surface area contributed by atoms with Gasteiger partial charge in [-0.1, -0.05) is 24.9 Å². The van der Waals surface area contributed by atoms with Gasteiger partial charge < -0.3 is 14.8 Å². The van der Waals surface area contributed by atoms with Crippen molar-refractivity contribution in [3.8, 4) is 11.5 Å². The lowest BCUT2D eigenvalue weighted by atomic mass is 10.1. The molecule has 1 atom stereocenters. The number of nitrogens with zero attached hydrogens (tertiary/aromatic N) is 2. The third-order valence-electron chi connectivity index (χ3n) is 4.50. The highest BCUT2D eigenvalue weighted by atomic mass is 35.5. The smallest absolute Gasteiger partial charge is 0.244 e. The van der Waals surface area contributed by atoms with Crippen LogP contribution < -0.4 is 14.8 Å². The number of amides is 1. The normalized spacial score (nSPS) is 12.2. The van der Waals surface area contributed by atoms with Crippen LogP contribution >= 0.6 is 11.6 Å². The van der Waals surface area contributed by atoms with Crippen molar-refractivity contribution in [3.63, 3.8) is 0 Å². The molecule has 0 saturated carbocycles. The van der Waals surface area contributed by atoms with Gasteiger partial charge in [0, 0.05) is 29.8 Å². The minimum Gasteiger partial charge on any atom is -0.497 e. The van der Waals surface area contributed by atoms with Crippen molar-refractivity contribution in [2.45, 2.75) is 46.2 Å². The second-order valence-electron chi connectivity index (χ2n) is 6.54. The summed E-state index contributed by atoms with van der Waals surface area (Å²) in [6.07, 6.45) is 5.26. The second-order valence-corrected chi connectivity index (χ2v) is 6.90. The van der Waals surface area contributed by atoms with Crippen LogP contribution in [-0.4, -0.2) is 29.9 Å². The number of ether oxygens (including phenoxy) is 2. The molecule has 0 spiro atoms. The molecule has 1 N–H and O–H groups in total. The first-order valence-corrected chi connectivity index (χ1v) is 9.72. The van der Waals surface area contributed by atoms with E-state index in [1.807, 2.05) is 26.0 Å². The maximum Gasteiger partial charge on any atom is 0.244 e. The summed E-state index contributed by atoms with van der Waals surface area (Å²) >= 11 is 6.41. The highest BCUT2D eigenvalue weighted by Crippen LogP contribution is 2.29. The summed E-state index contributed by atoms with van der Waals surface area (Å²) in [6.45, 7) is 6.67. The molecule has 6 nitrogen and oxygen atoms in total. The van der Waals surface area contributed by atoms with E-state index in [-0.39, 0.29) is 11.9 Å². The maximum absolute atomic E-state index is 12.4. The Bertz CT molecular complexity index is 846. The molecule has 2 rings (SSSR count). The minimum absolute atomic E-state index is 0.220. The Morgan fingerprint density at radius 1 is 1.36 bits per heavy atom. The molecule has 1 heterocycles. The van der Waals surface area contributed by atoms with Crippen molar-refractivity contribution >= 4 is 23.6 Å².